The van der Waals surface area contributed by atoms with Gasteiger partial charge >= 0.3 is 0 Å². The standard InChI is InChI=1S/C21H19N3O3/c1-2-22-19(25)15-9-6-10-16(13-15)23-20(26)17-11-12-18(24-21(17)27)14-7-4-3-5-8-14/h3-13H,2H2,1H3,(H,22,25)(H,23,26)(H,24,27). The number of carbonyl (C=O) groups is 2. The number of rotatable bonds is 5. The van der Waals surface area contributed by atoms with Crippen molar-refractivity contribution in [3.8, 4) is 11.3 Å². The number of hydrogen-bond donors (Lipinski definition) is 3. The van der Waals surface area contributed by atoms with Gasteiger partial charge < -0.3 is 15.6 Å². The SMILES string of the molecule is CCNC(=O)c1cccc(NC(=O)c2ccc(-c3ccccc3)[nH]c2=O)c1. The van der Waals surface area contributed by atoms with Gasteiger partial charge in [0.2, 0.25) is 0 Å². The lowest BCUT2D eigenvalue weighted by atomic mass is 10.1. The van der Waals surface area contributed by atoms with Crippen molar-refractivity contribution >= 4 is 17.5 Å². The molecule has 136 valence electrons. The van der Waals surface area contributed by atoms with Crippen molar-refractivity contribution in [1.29, 1.82) is 0 Å². The van der Waals surface area contributed by atoms with Crippen LogP contribution in [0.15, 0.2) is 71.5 Å². The highest BCUT2D eigenvalue weighted by atomic mass is 16.2. The Morgan fingerprint density at radius 3 is 2.41 bits per heavy atom. The van der Waals surface area contributed by atoms with E-state index in [1.807, 2.05) is 37.3 Å². The molecule has 3 N–H and O–H groups in total. The van der Waals surface area contributed by atoms with Gasteiger partial charge in [-0.1, -0.05) is 36.4 Å². The zero-order valence-corrected chi connectivity index (χ0v) is 14.8. The van der Waals surface area contributed by atoms with Crippen molar-refractivity contribution in [2.45, 2.75) is 6.92 Å². The molecule has 0 unspecified atom stereocenters. The normalized spacial score (nSPS) is 10.3. The molecule has 0 atom stereocenters. The molecule has 0 aliphatic rings. The minimum Gasteiger partial charge on any atom is -0.352 e. The second-order valence-electron chi connectivity index (χ2n) is 5.88. The van der Waals surface area contributed by atoms with E-state index < -0.39 is 11.5 Å². The van der Waals surface area contributed by atoms with Gasteiger partial charge in [0, 0.05) is 23.5 Å². The summed E-state index contributed by atoms with van der Waals surface area (Å²) in [7, 11) is 0. The van der Waals surface area contributed by atoms with Crippen LogP contribution in [0.5, 0.6) is 0 Å². The summed E-state index contributed by atoms with van der Waals surface area (Å²) in [4.78, 5) is 39.4. The van der Waals surface area contributed by atoms with Gasteiger partial charge in [-0.3, -0.25) is 14.4 Å². The molecule has 0 spiro atoms. The zero-order valence-electron chi connectivity index (χ0n) is 14.8. The van der Waals surface area contributed by atoms with Crippen molar-refractivity contribution in [2.75, 3.05) is 11.9 Å². The minimum atomic E-state index is -0.538. The largest absolute Gasteiger partial charge is 0.352 e. The van der Waals surface area contributed by atoms with Crippen LogP contribution < -0.4 is 16.2 Å². The van der Waals surface area contributed by atoms with E-state index >= 15 is 0 Å². The number of aromatic nitrogens is 1. The Bertz CT molecular complexity index is 1030. The average molecular weight is 361 g/mol. The number of amides is 2. The summed E-state index contributed by atoms with van der Waals surface area (Å²) >= 11 is 0. The van der Waals surface area contributed by atoms with Gasteiger partial charge in [0.15, 0.2) is 0 Å². The molecular weight excluding hydrogens is 342 g/mol. The fraction of sp³-hybridized carbons (Fsp3) is 0.0952. The third-order valence-corrected chi connectivity index (χ3v) is 3.96. The molecule has 0 fully saturated rings. The minimum absolute atomic E-state index is 0.00176. The smallest absolute Gasteiger partial charge is 0.261 e. The van der Waals surface area contributed by atoms with E-state index in [0.29, 0.717) is 23.5 Å². The molecule has 3 aromatic rings. The lowest BCUT2D eigenvalue weighted by Gasteiger charge is -2.08. The summed E-state index contributed by atoms with van der Waals surface area (Å²) < 4.78 is 0. The van der Waals surface area contributed by atoms with Crippen LogP contribution in [0.25, 0.3) is 11.3 Å². The quantitative estimate of drug-likeness (QED) is 0.652. The third-order valence-electron chi connectivity index (χ3n) is 3.96. The highest BCUT2D eigenvalue weighted by Gasteiger charge is 2.13. The van der Waals surface area contributed by atoms with E-state index in [1.54, 1.807) is 30.3 Å². The van der Waals surface area contributed by atoms with Crippen LogP contribution in [0.4, 0.5) is 5.69 Å². The molecule has 3 rings (SSSR count). The fourth-order valence-electron chi connectivity index (χ4n) is 2.64. The predicted octanol–water partition coefficient (Wildman–Crippen LogP) is 3.04. The van der Waals surface area contributed by atoms with Gasteiger partial charge in [-0.2, -0.15) is 0 Å². The third kappa shape index (κ3) is 4.30. The second-order valence-corrected chi connectivity index (χ2v) is 5.88. The molecule has 2 amide bonds. The number of nitrogens with one attached hydrogen (secondary N) is 3. The lowest BCUT2D eigenvalue weighted by Crippen LogP contribution is -2.24. The van der Waals surface area contributed by atoms with Gasteiger partial charge in [0.05, 0.1) is 0 Å². The van der Waals surface area contributed by atoms with E-state index in [0.717, 1.165) is 5.56 Å². The van der Waals surface area contributed by atoms with E-state index in [1.165, 1.54) is 6.07 Å². The Kier molecular flexibility index (Phi) is 5.47. The Morgan fingerprint density at radius 2 is 1.70 bits per heavy atom. The average Bonchev–Trinajstić information content (AvgIpc) is 2.69. The maximum atomic E-state index is 12.5. The van der Waals surface area contributed by atoms with Crippen LogP contribution in [-0.2, 0) is 0 Å². The first-order chi connectivity index (χ1) is 13.1. The first-order valence-corrected chi connectivity index (χ1v) is 8.57. The first kappa shape index (κ1) is 18.1. The van der Waals surface area contributed by atoms with E-state index in [9.17, 15) is 14.4 Å². The van der Waals surface area contributed by atoms with Crippen molar-refractivity contribution in [3.63, 3.8) is 0 Å². The van der Waals surface area contributed by atoms with Crippen molar-refractivity contribution < 1.29 is 9.59 Å². The number of pyridine rings is 1. The molecule has 2 aromatic carbocycles. The molecule has 6 heteroatoms. The predicted molar refractivity (Wildman–Crippen MR) is 105 cm³/mol. The van der Waals surface area contributed by atoms with Crippen LogP contribution in [0.1, 0.15) is 27.6 Å². The van der Waals surface area contributed by atoms with Gasteiger partial charge in [0.1, 0.15) is 5.56 Å². The van der Waals surface area contributed by atoms with Crippen LogP contribution in [0.3, 0.4) is 0 Å². The summed E-state index contributed by atoms with van der Waals surface area (Å²) in [6.45, 7) is 2.34. The molecule has 0 radical (unpaired) electrons. The topological polar surface area (TPSA) is 91.1 Å². The first-order valence-electron chi connectivity index (χ1n) is 8.57. The van der Waals surface area contributed by atoms with E-state index in [2.05, 4.69) is 15.6 Å². The molecule has 0 bridgehead atoms. The Labute approximate surface area is 156 Å². The summed E-state index contributed by atoms with van der Waals surface area (Å²) in [6.07, 6.45) is 0. The molecule has 27 heavy (non-hydrogen) atoms. The van der Waals surface area contributed by atoms with Crippen LogP contribution >= 0.6 is 0 Å². The molecule has 0 saturated heterocycles. The van der Waals surface area contributed by atoms with Gasteiger partial charge in [-0.05, 0) is 42.8 Å². The van der Waals surface area contributed by atoms with Gasteiger partial charge in [0.25, 0.3) is 17.4 Å². The summed E-state index contributed by atoms with van der Waals surface area (Å²) in [5.41, 5.74) is 1.89. The number of hydrogen-bond acceptors (Lipinski definition) is 3. The number of H-pyrrole nitrogens is 1. The highest BCUT2D eigenvalue weighted by Crippen LogP contribution is 2.16. The summed E-state index contributed by atoms with van der Waals surface area (Å²) in [6, 6.07) is 19.1. The van der Waals surface area contributed by atoms with Gasteiger partial charge in [-0.15, -0.1) is 0 Å². The monoisotopic (exact) mass is 361 g/mol. The maximum Gasteiger partial charge on any atom is 0.261 e. The summed E-state index contributed by atoms with van der Waals surface area (Å²) in [5.74, 6) is -0.762. The van der Waals surface area contributed by atoms with Crippen LogP contribution in [0, 0.1) is 0 Å². The summed E-state index contributed by atoms with van der Waals surface area (Å²) in [5, 5.41) is 5.36. The molecular formula is C21H19N3O3. The molecule has 0 saturated carbocycles. The number of aromatic amines is 1. The molecule has 6 nitrogen and oxygen atoms in total. The van der Waals surface area contributed by atoms with Crippen LogP contribution in [0.2, 0.25) is 0 Å². The van der Waals surface area contributed by atoms with Gasteiger partial charge in [-0.25, -0.2) is 0 Å². The van der Waals surface area contributed by atoms with Crippen molar-refractivity contribution in [2.24, 2.45) is 0 Å². The molecule has 0 aliphatic heterocycles. The lowest BCUT2D eigenvalue weighted by molar-refractivity contribution is 0.0954. The molecule has 1 aromatic heterocycles. The number of carbonyl (C=O) groups excluding carboxylic acids is 2. The van der Waals surface area contributed by atoms with E-state index in [-0.39, 0.29) is 11.5 Å². The Balaban J connectivity index is 1.80. The van der Waals surface area contributed by atoms with E-state index in [4.69, 9.17) is 0 Å². The fourth-order valence-corrected chi connectivity index (χ4v) is 2.64. The van der Waals surface area contributed by atoms with Crippen molar-refractivity contribution in [1.82, 2.24) is 10.3 Å². The molecule has 0 aliphatic carbocycles. The Hall–Kier alpha value is -3.67. The van der Waals surface area contributed by atoms with Crippen molar-refractivity contribution in [3.05, 3.63) is 88.2 Å². The zero-order chi connectivity index (χ0) is 19.2. The highest BCUT2D eigenvalue weighted by molar-refractivity contribution is 6.05. The Morgan fingerprint density at radius 1 is 0.926 bits per heavy atom. The number of benzene rings is 2. The second kappa shape index (κ2) is 8.14. The maximum absolute atomic E-state index is 12.5. The number of anilines is 1. The molecule has 1 heterocycles. The van der Waals surface area contributed by atoms with Crippen LogP contribution in [-0.4, -0.2) is 23.3 Å².